The van der Waals surface area contributed by atoms with Crippen LogP contribution in [-0.4, -0.2) is 37.5 Å². The van der Waals surface area contributed by atoms with Crippen LogP contribution in [0.5, 0.6) is 5.88 Å². The van der Waals surface area contributed by atoms with Crippen molar-refractivity contribution in [3.63, 3.8) is 0 Å². The van der Waals surface area contributed by atoms with Gasteiger partial charge >= 0.3 is 5.69 Å². The average molecular weight is 439 g/mol. The number of aromatic nitrogens is 2. The molecule has 2 aromatic rings. The number of halogens is 1. The molecule has 0 aliphatic carbocycles. The minimum absolute atomic E-state index is 0.00156. The van der Waals surface area contributed by atoms with Crippen LogP contribution in [0.4, 0.5) is 5.69 Å². The molecule has 2 N–H and O–H groups in total. The standard InChI is InChI=1S/C19H23ClN4O4S/c1-4-5-10-21-14(25)11-29-16(22-13-8-6-12(20)7-9-13)15-17(26)23(2)19(28)24(3)18(15)27/h6-9,26H,4-5,10-11H2,1-3H3,(H,21,25). The monoisotopic (exact) mass is 438 g/mol. The molecule has 156 valence electrons. The van der Waals surface area contributed by atoms with Crippen LogP contribution in [0.2, 0.25) is 5.02 Å². The van der Waals surface area contributed by atoms with Crippen LogP contribution < -0.4 is 16.6 Å². The molecular weight excluding hydrogens is 416 g/mol. The molecule has 0 radical (unpaired) electrons. The van der Waals surface area contributed by atoms with Crippen molar-refractivity contribution in [1.82, 2.24) is 14.5 Å². The van der Waals surface area contributed by atoms with Gasteiger partial charge in [-0.25, -0.2) is 9.79 Å². The predicted molar refractivity (Wildman–Crippen MR) is 117 cm³/mol. The van der Waals surface area contributed by atoms with Gasteiger partial charge in [0.1, 0.15) is 10.6 Å². The van der Waals surface area contributed by atoms with Gasteiger partial charge in [-0.05, 0) is 30.7 Å². The van der Waals surface area contributed by atoms with E-state index < -0.39 is 17.1 Å². The molecule has 0 unspecified atom stereocenters. The second kappa shape index (κ2) is 10.3. The minimum atomic E-state index is -0.697. The van der Waals surface area contributed by atoms with Crippen LogP contribution in [0.15, 0.2) is 38.8 Å². The molecule has 0 bridgehead atoms. The maximum atomic E-state index is 12.7. The van der Waals surface area contributed by atoms with Gasteiger partial charge in [0.15, 0.2) is 0 Å². The third-order valence-corrected chi connectivity index (χ3v) is 5.32. The third kappa shape index (κ3) is 5.74. The normalized spacial score (nSPS) is 11.5. The van der Waals surface area contributed by atoms with E-state index in [1.165, 1.54) is 14.1 Å². The van der Waals surface area contributed by atoms with Gasteiger partial charge in [-0.15, -0.1) is 0 Å². The number of thioether (sulfide) groups is 1. The Labute approximate surface area is 177 Å². The molecule has 1 heterocycles. The first-order valence-electron chi connectivity index (χ1n) is 8.99. The Bertz CT molecular complexity index is 1030. The van der Waals surface area contributed by atoms with Crippen LogP contribution in [0.3, 0.4) is 0 Å². The summed E-state index contributed by atoms with van der Waals surface area (Å²) in [6.45, 7) is 2.59. The highest BCUT2D eigenvalue weighted by atomic mass is 35.5. The maximum absolute atomic E-state index is 12.7. The fourth-order valence-corrected chi connectivity index (χ4v) is 3.39. The highest BCUT2D eigenvalue weighted by Gasteiger charge is 2.21. The van der Waals surface area contributed by atoms with Gasteiger partial charge in [-0.3, -0.25) is 18.7 Å². The van der Waals surface area contributed by atoms with Crippen LogP contribution in [0.1, 0.15) is 25.3 Å². The molecule has 0 spiro atoms. The zero-order valence-electron chi connectivity index (χ0n) is 16.4. The molecular formula is C19H23ClN4O4S. The molecule has 1 amide bonds. The molecule has 0 aliphatic heterocycles. The van der Waals surface area contributed by atoms with Gasteiger partial charge in [-0.1, -0.05) is 36.7 Å². The quantitative estimate of drug-likeness (QED) is 0.391. The summed E-state index contributed by atoms with van der Waals surface area (Å²) in [6.07, 6.45) is 1.82. The van der Waals surface area contributed by atoms with Gasteiger partial charge in [0.05, 0.1) is 11.4 Å². The zero-order chi connectivity index (χ0) is 21.6. The summed E-state index contributed by atoms with van der Waals surface area (Å²) >= 11 is 6.91. The van der Waals surface area contributed by atoms with E-state index in [0.717, 1.165) is 33.7 Å². The lowest BCUT2D eigenvalue weighted by molar-refractivity contribution is -0.118. The number of amides is 1. The minimum Gasteiger partial charge on any atom is -0.494 e. The highest BCUT2D eigenvalue weighted by molar-refractivity contribution is 8.15. The maximum Gasteiger partial charge on any atom is 0.333 e. The number of carbonyl (C=O) groups is 1. The van der Waals surface area contributed by atoms with Crippen molar-refractivity contribution in [2.75, 3.05) is 12.3 Å². The van der Waals surface area contributed by atoms with E-state index in [9.17, 15) is 19.5 Å². The number of hydrogen-bond donors (Lipinski definition) is 2. The summed E-state index contributed by atoms with van der Waals surface area (Å²) in [5.74, 6) is -0.722. The predicted octanol–water partition coefficient (Wildman–Crippen LogP) is 2.17. The summed E-state index contributed by atoms with van der Waals surface area (Å²) in [4.78, 5) is 41.2. The van der Waals surface area contributed by atoms with Crippen molar-refractivity contribution in [3.8, 4) is 5.88 Å². The lowest BCUT2D eigenvalue weighted by Crippen LogP contribution is -2.39. The highest BCUT2D eigenvalue weighted by Crippen LogP contribution is 2.24. The van der Waals surface area contributed by atoms with Crippen LogP contribution in [0.25, 0.3) is 0 Å². The van der Waals surface area contributed by atoms with Gasteiger partial charge in [0, 0.05) is 25.7 Å². The van der Waals surface area contributed by atoms with Gasteiger partial charge in [-0.2, -0.15) is 0 Å². The van der Waals surface area contributed by atoms with Crippen molar-refractivity contribution in [2.45, 2.75) is 19.8 Å². The van der Waals surface area contributed by atoms with Gasteiger partial charge in [0.2, 0.25) is 11.8 Å². The molecule has 2 rings (SSSR count). The Morgan fingerprint density at radius 3 is 2.48 bits per heavy atom. The Balaban J connectivity index is 2.46. The second-order valence-electron chi connectivity index (χ2n) is 6.29. The second-order valence-corrected chi connectivity index (χ2v) is 7.69. The largest absolute Gasteiger partial charge is 0.494 e. The molecule has 0 saturated carbocycles. The molecule has 1 aromatic heterocycles. The molecule has 0 saturated heterocycles. The summed E-state index contributed by atoms with van der Waals surface area (Å²) in [5, 5.41) is 13.9. The van der Waals surface area contributed by atoms with E-state index in [4.69, 9.17) is 11.6 Å². The fourth-order valence-electron chi connectivity index (χ4n) is 2.40. The Morgan fingerprint density at radius 2 is 1.86 bits per heavy atom. The SMILES string of the molecule is CCCCNC(=O)CSC(=Nc1ccc(Cl)cc1)c1c(O)n(C)c(=O)n(C)c1=O. The first-order valence-corrected chi connectivity index (χ1v) is 10.4. The number of nitrogens with one attached hydrogen (secondary N) is 1. The summed E-state index contributed by atoms with van der Waals surface area (Å²) < 4.78 is 1.84. The van der Waals surface area contributed by atoms with E-state index in [1.807, 2.05) is 6.92 Å². The van der Waals surface area contributed by atoms with Gasteiger partial charge in [0.25, 0.3) is 5.56 Å². The van der Waals surface area contributed by atoms with E-state index in [0.29, 0.717) is 17.3 Å². The van der Waals surface area contributed by atoms with Crippen LogP contribution in [0, 0.1) is 0 Å². The molecule has 0 atom stereocenters. The third-order valence-electron chi connectivity index (χ3n) is 4.10. The Hall–Kier alpha value is -2.52. The number of carbonyl (C=O) groups excluding carboxylic acids is 1. The zero-order valence-corrected chi connectivity index (χ0v) is 18.0. The average Bonchev–Trinajstić information content (AvgIpc) is 2.70. The van der Waals surface area contributed by atoms with Gasteiger partial charge < -0.3 is 10.4 Å². The van der Waals surface area contributed by atoms with E-state index in [1.54, 1.807) is 24.3 Å². The van der Waals surface area contributed by atoms with E-state index >= 15 is 0 Å². The number of benzene rings is 1. The van der Waals surface area contributed by atoms with Crippen molar-refractivity contribution in [1.29, 1.82) is 0 Å². The number of unbranched alkanes of at least 4 members (excludes halogenated alkanes) is 1. The van der Waals surface area contributed by atoms with Crippen LogP contribution >= 0.6 is 23.4 Å². The fraction of sp³-hybridized carbons (Fsp3) is 0.368. The topological polar surface area (TPSA) is 106 Å². The summed E-state index contributed by atoms with van der Waals surface area (Å²) in [5.41, 5.74) is -1.02. The number of rotatable bonds is 7. The molecule has 1 aromatic carbocycles. The first kappa shape index (κ1) is 22.8. The van der Waals surface area contributed by atoms with Crippen molar-refractivity contribution < 1.29 is 9.90 Å². The summed E-state index contributed by atoms with van der Waals surface area (Å²) in [7, 11) is 2.66. The first-order chi connectivity index (χ1) is 13.8. The smallest absolute Gasteiger partial charge is 0.333 e. The number of aliphatic imine (C=N–C) groups is 1. The van der Waals surface area contributed by atoms with Crippen LogP contribution in [-0.2, 0) is 18.9 Å². The van der Waals surface area contributed by atoms with E-state index in [-0.39, 0.29) is 22.3 Å². The lowest BCUT2D eigenvalue weighted by Gasteiger charge is -2.12. The Morgan fingerprint density at radius 1 is 1.21 bits per heavy atom. The lowest BCUT2D eigenvalue weighted by atomic mass is 10.3. The summed E-state index contributed by atoms with van der Waals surface area (Å²) in [6, 6.07) is 6.57. The van der Waals surface area contributed by atoms with E-state index in [2.05, 4.69) is 10.3 Å². The van der Waals surface area contributed by atoms with Crippen molar-refractivity contribution in [2.24, 2.45) is 19.1 Å². The number of nitrogens with zero attached hydrogens (tertiary/aromatic N) is 3. The van der Waals surface area contributed by atoms with Crippen molar-refractivity contribution >= 4 is 40.0 Å². The molecule has 0 fully saturated rings. The molecule has 0 aliphatic rings. The number of aromatic hydroxyl groups is 1. The molecule has 29 heavy (non-hydrogen) atoms. The molecule has 8 nitrogen and oxygen atoms in total. The van der Waals surface area contributed by atoms with Crippen molar-refractivity contribution in [3.05, 3.63) is 55.7 Å². The number of hydrogen-bond acceptors (Lipinski definition) is 6. The molecule has 10 heteroatoms. The Kier molecular flexibility index (Phi) is 8.10.